The lowest BCUT2D eigenvalue weighted by molar-refractivity contribution is -0.126. The van der Waals surface area contributed by atoms with Crippen molar-refractivity contribution < 1.29 is 14.0 Å². The van der Waals surface area contributed by atoms with Crippen LogP contribution >= 0.6 is 0 Å². The number of aryl methyl sites for hydroxylation is 1. The maximum absolute atomic E-state index is 13.9. The standard InChI is InChI=1S/C21H23FN2O2/c1-15-6-4-7-16(12-15)13-23-20(25)17-8-5-11-24(14-17)21(26)18-9-2-3-10-19(18)22/h2-4,6-7,9-10,12,17H,5,8,11,13-14H2,1H3,(H,23,25). The number of amides is 2. The Morgan fingerprint density at radius 3 is 2.77 bits per heavy atom. The van der Waals surface area contributed by atoms with Gasteiger partial charge in [-0.3, -0.25) is 9.59 Å². The number of halogens is 1. The van der Waals surface area contributed by atoms with Crippen LogP contribution in [0.15, 0.2) is 48.5 Å². The predicted molar refractivity (Wildman–Crippen MR) is 98.1 cm³/mol. The fourth-order valence-corrected chi connectivity index (χ4v) is 3.34. The molecule has 1 atom stereocenters. The van der Waals surface area contributed by atoms with Gasteiger partial charge in [-0.1, -0.05) is 42.0 Å². The molecular weight excluding hydrogens is 331 g/mol. The molecular formula is C21H23FN2O2. The number of nitrogens with one attached hydrogen (secondary N) is 1. The molecule has 0 bridgehead atoms. The number of piperidine rings is 1. The van der Waals surface area contributed by atoms with E-state index in [1.54, 1.807) is 17.0 Å². The van der Waals surface area contributed by atoms with Gasteiger partial charge in [0, 0.05) is 19.6 Å². The lowest BCUT2D eigenvalue weighted by Gasteiger charge is -2.32. The van der Waals surface area contributed by atoms with Crippen molar-refractivity contribution in [3.8, 4) is 0 Å². The quantitative estimate of drug-likeness (QED) is 0.916. The summed E-state index contributed by atoms with van der Waals surface area (Å²) in [5.74, 6) is -1.19. The molecule has 136 valence electrons. The largest absolute Gasteiger partial charge is 0.352 e. The van der Waals surface area contributed by atoms with Crippen LogP contribution in [0.1, 0.15) is 34.3 Å². The molecule has 1 aliphatic rings. The third-order valence-electron chi connectivity index (χ3n) is 4.73. The van der Waals surface area contributed by atoms with Crippen LogP contribution in [0.3, 0.4) is 0 Å². The molecule has 3 rings (SSSR count). The van der Waals surface area contributed by atoms with E-state index in [1.807, 2.05) is 31.2 Å². The first kappa shape index (κ1) is 18.1. The van der Waals surface area contributed by atoms with Crippen LogP contribution in [0.5, 0.6) is 0 Å². The zero-order chi connectivity index (χ0) is 18.5. The molecule has 1 heterocycles. The zero-order valence-corrected chi connectivity index (χ0v) is 14.9. The summed E-state index contributed by atoms with van der Waals surface area (Å²) in [5, 5.41) is 2.96. The topological polar surface area (TPSA) is 49.4 Å². The van der Waals surface area contributed by atoms with Gasteiger partial charge < -0.3 is 10.2 Å². The summed E-state index contributed by atoms with van der Waals surface area (Å²) in [6, 6.07) is 14.0. The number of benzene rings is 2. The number of nitrogens with zero attached hydrogens (tertiary/aromatic N) is 1. The van der Waals surface area contributed by atoms with E-state index in [4.69, 9.17) is 0 Å². The van der Waals surface area contributed by atoms with Gasteiger partial charge in [0.2, 0.25) is 5.91 Å². The van der Waals surface area contributed by atoms with Gasteiger partial charge in [0.1, 0.15) is 5.82 Å². The third-order valence-corrected chi connectivity index (χ3v) is 4.73. The normalized spacial score (nSPS) is 17.0. The van der Waals surface area contributed by atoms with Gasteiger partial charge in [-0.05, 0) is 37.5 Å². The van der Waals surface area contributed by atoms with Gasteiger partial charge in [0.15, 0.2) is 0 Å². The minimum atomic E-state index is -0.525. The average Bonchev–Trinajstić information content (AvgIpc) is 2.66. The van der Waals surface area contributed by atoms with Crippen molar-refractivity contribution in [2.45, 2.75) is 26.3 Å². The molecule has 1 N–H and O–H groups in total. The van der Waals surface area contributed by atoms with E-state index >= 15 is 0 Å². The van der Waals surface area contributed by atoms with E-state index in [-0.39, 0.29) is 23.3 Å². The Morgan fingerprint density at radius 2 is 2.00 bits per heavy atom. The zero-order valence-electron chi connectivity index (χ0n) is 14.9. The van der Waals surface area contributed by atoms with Crippen molar-refractivity contribution in [2.75, 3.05) is 13.1 Å². The highest BCUT2D eigenvalue weighted by atomic mass is 19.1. The highest BCUT2D eigenvalue weighted by Gasteiger charge is 2.29. The molecule has 0 saturated carbocycles. The van der Waals surface area contributed by atoms with Crippen molar-refractivity contribution in [3.63, 3.8) is 0 Å². The maximum Gasteiger partial charge on any atom is 0.256 e. The van der Waals surface area contributed by atoms with Crippen molar-refractivity contribution in [1.82, 2.24) is 10.2 Å². The number of hydrogen-bond donors (Lipinski definition) is 1. The van der Waals surface area contributed by atoms with Crippen molar-refractivity contribution in [1.29, 1.82) is 0 Å². The van der Waals surface area contributed by atoms with Gasteiger partial charge in [-0.25, -0.2) is 4.39 Å². The highest BCUT2D eigenvalue weighted by molar-refractivity contribution is 5.95. The van der Waals surface area contributed by atoms with Crippen molar-refractivity contribution >= 4 is 11.8 Å². The van der Waals surface area contributed by atoms with Crippen LogP contribution in [0.25, 0.3) is 0 Å². The van der Waals surface area contributed by atoms with Gasteiger partial charge in [0.25, 0.3) is 5.91 Å². The fourth-order valence-electron chi connectivity index (χ4n) is 3.34. The molecule has 26 heavy (non-hydrogen) atoms. The number of likely N-dealkylation sites (tertiary alicyclic amines) is 1. The van der Waals surface area contributed by atoms with Gasteiger partial charge in [-0.15, -0.1) is 0 Å². The molecule has 1 aliphatic heterocycles. The van der Waals surface area contributed by atoms with Gasteiger partial charge in [-0.2, -0.15) is 0 Å². The van der Waals surface area contributed by atoms with Crippen molar-refractivity contribution in [3.05, 3.63) is 71.0 Å². The summed E-state index contributed by atoms with van der Waals surface area (Å²) < 4.78 is 13.9. The summed E-state index contributed by atoms with van der Waals surface area (Å²) in [6.07, 6.45) is 1.48. The van der Waals surface area contributed by atoms with E-state index in [2.05, 4.69) is 5.32 Å². The molecule has 2 amide bonds. The Kier molecular flexibility index (Phi) is 5.66. The van der Waals surface area contributed by atoms with E-state index in [9.17, 15) is 14.0 Å². The number of carbonyl (C=O) groups excluding carboxylic acids is 2. The van der Waals surface area contributed by atoms with Crippen LogP contribution in [-0.2, 0) is 11.3 Å². The highest BCUT2D eigenvalue weighted by Crippen LogP contribution is 2.20. The van der Waals surface area contributed by atoms with E-state index in [0.717, 1.165) is 24.0 Å². The summed E-state index contributed by atoms with van der Waals surface area (Å²) in [5.41, 5.74) is 2.26. The Balaban J connectivity index is 1.60. The molecule has 2 aromatic rings. The Labute approximate surface area is 153 Å². The van der Waals surface area contributed by atoms with Crippen LogP contribution in [0, 0.1) is 18.7 Å². The predicted octanol–water partition coefficient (Wildman–Crippen LogP) is 3.30. The fraction of sp³-hybridized carbons (Fsp3) is 0.333. The van der Waals surface area contributed by atoms with Crippen molar-refractivity contribution in [2.24, 2.45) is 5.92 Å². The monoisotopic (exact) mass is 354 g/mol. The number of hydrogen-bond acceptors (Lipinski definition) is 2. The number of rotatable bonds is 4. The van der Waals surface area contributed by atoms with Gasteiger partial charge in [0.05, 0.1) is 11.5 Å². The first-order chi connectivity index (χ1) is 12.5. The molecule has 0 aliphatic carbocycles. The van der Waals surface area contributed by atoms with Gasteiger partial charge >= 0.3 is 0 Å². The molecule has 0 aromatic heterocycles. The molecule has 1 fully saturated rings. The third kappa shape index (κ3) is 4.28. The Morgan fingerprint density at radius 1 is 1.19 bits per heavy atom. The first-order valence-corrected chi connectivity index (χ1v) is 8.91. The van der Waals surface area contributed by atoms with E-state index in [1.165, 1.54) is 12.1 Å². The first-order valence-electron chi connectivity index (χ1n) is 8.91. The molecule has 1 unspecified atom stereocenters. The minimum Gasteiger partial charge on any atom is -0.352 e. The second-order valence-corrected chi connectivity index (χ2v) is 6.78. The van der Waals surface area contributed by atoms with E-state index in [0.29, 0.717) is 19.6 Å². The second kappa shape index (κ2) is 8.13. The molecule has 5 heteroatoms. The molecule has 1 saturated heterocycles. The minimum absolute atomic E-state index is 0.0578. The second-order valence-electron chi connectivity index (χ2n) is 6.78. The average molecular weight is 354 g/mol. The van der Waals surface area contributed by atoms with Crippen LogP contribution in [0.2, 0.25) is 0 Å². The summed E-state index contributed by atoms with van der Waals surface area (Å²) >= 11 is 0. The smallest absolute Gasteiger partial charge is 0.256 e. The SMILES string of the molecule is Cc1cccc(CNC(=O)C2CCCN(C(=O)c3ccccc3F)C2)c1. The summed E-state index contributed by atoms with van der Waals surface area (Å²) in [4.78, 5) is 26.6. The van der Waals surface area contributed by atoms with Crippen LogP contribution < -0.4 is 5.32 Å². The molecule has 4 nitrogen and oxygen atoms in total. The summed E-state index contributed by atoms with van der Waals surface area (Å²) in [7, 11) is 0. The Hall–Kier alpha value is -2.69. The summed E-state index contributed by atoms with van der Waals surface area (Å²) in [6.45, 7) is 3.36. The van der Waals surface area contributed by atoms with Crippen LogP contribution in [-0.4, -0.2) is 29.8 Å². The molecule has 2 aromatic carbocycles. The lowest BCUT2D eigenvalue weighted by Crippen LogP contribution is -2.45. The Bertz CT molecular complexity index is 806. The van der Waals surface area contributed by atoms with Crippen LogP contribution in [0.4, 0.5) is 4.39 Å². The maximum atomic E-state index is 13.9. The van der Waals surface area contributed by atoms with E-state index < -0.39 is 5.82 Å². The number of carbonyl (C=O) groups is 2. The molecule has 0 radical (unpaired) electrons. The lowest BCUT2D eigenvalue weighted by atomic mass is 9.96. The molecule has 0 spiro atoms.